The number of hydrogen-bond acceptors (Lipinski definition) is 6. The van der Waals surface area contributed by atoms with Crippen molar-refractivity contribution in [2.75, 3.05) is 53.6 Å². The summed E-state index contributed by atoms with van der Waals surface area (Å²) in [5.41, 5.74) is 0. The first-order valence-electron chi connectivity index (χ1n) is 8.08. The van der Waals surface area contributed by atoms with Crippen molar-refractivity contribution in [1.82, 2.24) is 9.21 Å². The third-order valence-electron chi connectivity index (χ3n) is 4.53. The van der Waals surface area contributed by atoms with Crippen LogP contribution in [0.25, 0.3) is 0 Å². The van der Waals surface area contributed by atoms with Gasteiger partial charge in [-0.2, -0.15) is 4.31 Å². The van der Waals surface area contributed by atoms with Crippen LogP contribution in [0, 0.1) is 11.8 Å². The van der Waals surface area contributed by atoms with Crippen LogP contribution >= 0.6 is 0 Å². The summed E-state index contributed by atoms with van der Waals surface area (Å²) in [6.45, 7) is 2.19. The minimum atomic E-state index is -3.69. The average Bonchev–Trinajstić information content (AvgIpc) is 2.97. The molecule has 2 aliphatic rings. The molecular weight excluding hydrogens is 332 g/mol. The number of benzene rings is 1. The Kier molecular flexibility index (Phi) is 5.00. The summed E-state index contributed by atoms with van der Waals surface area (Å²) in [6.07, 6.45) is 0. The van der Waals surface area contributed by atoms with Crippen LogP contribution in [0.1, 0.15) is 0 Å². The van der Waals surface area contributed by atoms with Gasteiger partial charge in [0.1, 0.15) is 18.1 Å². The van der Waals surface area contributed by atoms with Gasteiger partial charge in [0.15, 0.2) is 11.5 Å². The predicted octanol–water partition coefficient (Wildman–Crippen LogP) is 0.248. The molecular formula is C16H24N2O5S. The van der Waals surface area contributed by atoms with Gasteiger partial charge in [0.05, 0.1) is 0 Å². The molecule has 1 aromatic rings. The third kappa shape index (κ3) is 3.23. The maximum absolute atomic E-state index is 13.1. The van der Waals surface area contributed by atoms with E-state index >= 15 is 0 Å². The highest BCUT2D eigenvalue weighted by Gasteiger charge is 2.40. The highest BCUT2D eigenvalue weighted by molar-refractivity contribution is 7.89. The van der Waals surface area contributed by atoms with E-state index in [9.17, 15) is 13.5 Å². The number of hydrogen-bond donors (Lipinski definition) is 1. The molecule has 8 heteroatoms. The van der Waals surface area contributed by atoms with Gasteiger partial charge in [-0.1, -0.05) is 6.07 Å². The van der Waals surface area contributed by atoms with E-state index in [0.717, 1.165) is 6.54 Å². The van der Waals surface area contributed by atoms with Gasteiger partial charge >= 0.3 is 0 Å². The summed E-state index contributed by atoms with van der Waals surface area (Å²) in [7, 11) is 0.204. The van der Waals surface area contributed by atoms with E-state index in [1.165, 1.54) is 4.31 Å². The quantitative estimate of drug-likeness (QED) is 0.815. The van der Waals surface area contributed by atoms with Crippen molar-refractivity contribution in [3.05, 3.63) is 18.2 Å². The van der Waals surface area contributed by atoms with Crippen LogP contribution in [0.5, 0.6) is 11.5 Å². The summed E-state index contributed by atoms with van der Waals surface area (Å²) in [4.78, 5) is 2.16. The summed E-state index contributed by atoms with van der Waals surface area (Å²) in [5.74, 6) is 0.806. The number of para-hydroxylation sites is 1. The van der Waals surface area contributed by atoms with Gasteiger partial charge in [0.25, 0.3) is 0 Å². The number of aliphatic hydroxyl groups is 1. The van der Waals surface area contributed by atoms with Crippen LogP contribution in [0.3, 0.4) is 0 Å². The Morgan fingerprint density at radius 1 is 1.21 bits per heavy atom. The molecule has 24 heavy (non-hydrogen) atoms. The lowest BCUT2D eigenvalue weighted by Gasteiger charge is -2.23. The van der Waals surface area contributed by atoms with Crippen molar-refractivity contribution in [3.63, 3.8) is 0 Å². The maximum Gasteiger partial charge on any atom is 0.246 e. The fraction of sp³-hybridized carbons (Fsp3) is 0.625. The zero-order valence-corrected chi connectivity index (χ0v) is 14.8. The predicted molar refractivity (Wildman–Crippen MR) is 88.8 cm³/mol. The van der Waals surface area contributed by atoms with Gasteiger partial charge in [-0.25, -0.2) is 8.42 Å². The van der Waals surface area contributed by atoms with Crippen molar-refractivity contribution < 1.29 is 23.0 Å². The van der Waals surface area contributed by atoms with E-state index in [1.54, 1.807) is 18.2 Å². The van der Waals surface area contributed by atoms with E-state index in [-0.39, 0.29) is 23.3 Å². The lowest BCUT2D eigenvalue weighted by Crippen LogP contribution is -2.31. The van der Waals surface area contributed by atoms with Gasteiger partial charge < -0.3 is 19.5 Å². The molecule has 0 amide bonds. The normalized spacial score (nSPS) is 24.5. The van der Waals surface area contributed by atoms with E-state index < -0.39 is 10.0 Å². The van der Waals surface area contributed by atoms with Crippen LogP contribution < -0.4 is 9.47 Å². The highest BCUT2D eigenvalue weighted by atomic mass is 32.2. The molecule has 0 bridgehead atoms. The maximum atomic E-state index is 13.1. The summed E-state index contributed by atoms with van der Waals surface area (Å²) in [5, 5.41) is 9.61. The van der Waals surface area contributed by atoms with Crippen molar-refractivity contribution in [2.45, 2.75) is 4.90 Å². The molecule has 2 atom stereocenters. The lowest BCUT2D eigenvalue weighted by molar-refractivity contribution is 0.166. The van der Waals surface area contributed by atoms with Crippen LogP contribution in [0.2, 0.25) is 0 Å². The molecule has 2 heterocycles. The number of nitrogens with zero attached hydrogens (tertiary/aromatic N) is 2. The zero-order chi connectivity index (χ0) is 17.3. The van der Waals surface area contributed by atoms with Crippen molar-refractivity contribution in [2.24, 2.45) is 11.8 Å². The molecule has 0 aliphatic carbocycles. The second-order valence-corrected chi connectivity index (χ2v) is 8.47. The zero-order valence-electron chi connectivity index (χ0n) is 14.0. The van der Waals surface area contributed by atoms with Crippen LogP contribution in [0.4, 0.5) is 0 Å². The molecule has 1 N–H and O–H groups in total. The van der Waals surface area contributed by atoms with Gasteiger partial charge in [0.2, 0.25) is 10.0 Å². The number of aliphatic hydroxyl groups excluding tert-OH is 1. The number of ether oxygens (including phenoxy) is 2. The van der Waals surface area contributed by atoms with Crippen LogP contribution in [-0.4, -0.2) is 76.3 Å². The lowest BCUT2D eigenvalue weighted by atomic mass is 9.97. The first-order valence-corrected chi connectivity index (χ1v) is 9.52. The molecule has 0 saturated carbocycles. The van der Waals surface area contributed by atoms with E-state index in [4.69, 9.17) is 9.47 Å². The van der Waals surface area contributed by atoms with Gasteiger partial charge in [-0.05, 0) is 32.1 Å². The second kappa shape index (κ2) is 6.87. The molecule has 1 fully saturated rings. The largest absolute Gasteiger partial charge is 0.486 e. The molecule has 0 unspecified atom stereocenters. The molecule has 134 valence electrons. The third-order valence-corrected chi connectivity index (χ3v) is 6.38. The van der Waals surface area contributed by atoms with Gasteiger partial charge in [-0.15, -0.1) is 0 Å². The summed E-state index contributed by atoms with van der Waals surface area (Å²) in [6, 6.07) is 4.93. The minimum Gasteiger partial charge on any atom is -0.486 e. The molecule has 0 radical (unpaired) electrons. The fourth-order valence-corrected chi connectivity index (χ4v) is 5.06. The van der Waals surface area contributed by atoms with Gasteiger partial charge in [-0.3, -0.25) is 0 Å². The van der Waals surface area contributed by atoms with E-state index in [1.807, 2.05) is 19.0 Å². The first-order chi connectivity index (χ1) is 11.4. The summed E-state index contributed by atoms with van der Waals surface area (Å²) >= 11 is 0. The first kappa shape index (κ1) is 17.5. The van der Waals surface area contributed by atoms with E-state index in [2.05, 4.69) is 0 Å². The minimum absolute atomic E-state index is 0.0168. The van der Waals surface area contributed by atoms with Gasteiger partial charge in [0, 0.05) is 32.2 Å². The Morgan fingerprint density at radius 2 is 1.92 bits per heavy atom. The standard InChI is InChI=1S/C16H24N2O5S/c1-17(2)8-12-9-18(10-13(12)11-19)24(20,21)15-5-3-4-14-16(15)23-7-6-22-14/h3-5,12-13,19H,6-11H2,1-2H3/t12-,13-/m1/s1. The van der Waals surface area contributed by atoms with Crippen molar-refractivity contribution >= 4 is 10.0 Å². The Balaban J connectivity index is 1.89. The Labute approximate surface area is 142 Å². The fourth-order valence-electron chi connectivity index (χ4n) is 3.36. The van der Waals surface area contributed by atoms with Crippen molar-refractivity contribution in [1.29, 1.82) is 0 Å². The molecule has 7 nitrogen and oxygen atoms in total. The summed E-state index contributed by atoms with van der Waals surface area (Å²) < 4.78 is 38.7. The second-order valence-electron chi connectivity index (χ2n) is 6.57. The van der Waals surface area contributed by atoms with Crippen LogP contribution in [0.15, 0.2) is 23.1 Å². The number of rotatable bonds is 5. The molecule has 1 aromatic carbocycles. The molecule has 2 aliphatic heterocycles. The average molecular weight is 356 g/mol. The SMILES string of the molecule is CN(C)C[C@@H]1CN(S(=O)(=O)c2cccc3c2OCCO3)C[C@@H]1CO. The Morgan fingerprint density at radius 3 is 2.62 bits per heavy atom. The Hall–Kier alpha value is -1.35. The van der Waals surface area contributed by atoms with Crippen LogP contribution in [-0.2, 0) is 10.0 Å². The van der Waals surface area contributed by atoms with Crippen molar-refractivity contribution in [3.8, 4) is 11.5 Å². The Bertz CT molecular complexity index is 692. The highest BCUT2D eigenvalue weighted by Crippen LogP contribution is 2.39. The smallest absolute Gasteiger partial charge is 0.246 e. The molecule has 1 saturated heterocycles. The topological polar surface area (TPSA) is 79.3 Å². The number of fused-ring (bicyclic) bond motifs is 1. The number of sulfonamides is 1. The van der Waals surface area contributed by atoms with E-state index in [0.29, 0.717) is 37.8 Å². The molecule has 0 aromatic heterocycles. The monoisotopic (exact) mass is 356 g/mol. The molecule has 3 rings (SSSR count). The molecule has 0 spiro atoms.